The predicted octanol–water partition coefficient (Wildman–Crippen LogP) is 2.70. The molecule has 2 N–H and O–H groups in total. The second kappa shape index (κ2) is 5.20. The Hall–Kier alpha value is -1.53. The highest BCUT2D eigenvalue weighted by Gasteiger charge is 2.17. The largest absolute Gasteiger partial charge is 0.476 e. The number of nitrogens with zero attached hydrogens (tertiary/aromatic N) is 1. The smallest absolute Gasteiger partial charge is 0.184 e. The van der Waals surface area contributed by atoms with Crippen molar-refractivity contribution in [2.24, 2.45) is 5.73 Å². The maximum absolute atomic E-state index is 8.88. The van der Waals surface area contributed by atoms with Gasteiger partial charge in [-0.25, -0.2) is 0 Å². The number of aryl methyl sites for hydroxylation is 1. The first kappa shape index (κ1) is 11.9. The SMILES string of the molecule is CCC(C#N)Oc1ccc2c(c1)[C@H](N)CCC2. The molecule has 0 aromatic heterocycles. The Morgan fingerprint density at radius 2 is 2.41 bits per heavy atom. The fourth-order valence-corrected chi connectivity index (χ4v) is 2.25. The van der Waals surface area contributed by atoms with Crippen LogP contribution in [0.4, 0.5) is 0 Å². The van der Waals surface area contributed by atoms with Crippen LogP contribution in [-0.2, 0) is 6.42 Å². The number of fused-ring (bicyclic) bond motifs is 1. The van der Waals surface area contributed by atoms with Crippen molar-refractivity contribution >= 4 is 0 Å². The average Bonchev–Trinajstić information content (AvgIpc) is 2.37. The Labute approximate surface area is 102 Å². The molecule has 0 fully saturated rings. The van der Waals surface area contributed by atoms with E-state index in [2.05, 4.69) is 12.1 Å². The van der Waals surface area contributed by atoms with Gasteiger partial charge in [-0.05, 0) is 48.9 Å². The Morgan fingerprint density at radius 1 is 1.59 bits per heavy atom. The minimum Gasteiger partial charge on any atom is -0.476 e. The number of hydrogen-bond donors (Lipinski definition) is 1. The fraction of sp³-hybridized carbons (Fsp3) is 0.500. The van der Waals surface area contributed by atoms with Crippen molar-refractivity contribution in [2.75, 3.05) is 0 Å². The van der Waals surface area contributed by atoms with Gasteiger partial charge in [-0.15, -0.1) is 0 Å². The lowest BCUT2D eigenvalue weighted by Crippen LogP contribution is -2.18. The van der Waals surface area contributed by atoms with Gasteiger partial charge in [0.15, 0.2) is 6.10 Å². The van der Waals surface area contributed by atoms with Gasteiger partial charge in [-0.3, -0.25) is 0 Å². The van der Waals surface area contributed by atoms with E-state index in [9.17, 15) is 0 Å². The molecule has 0 spiro atoms. The Kier molecular flexibility index (Phi) is 3.65. The van der Waals surface area contributed by atoms with Crippen molar-refractivity contribution in [1.82, 2.24) is 0 Å². The summed E-state index contributed by atoms with van der Waals surface area (Å²) in [6.07, 6.45) is 3.61. The van der Waals surface area contributed by atoms with E-state index < -0.39 is 0 Å². The molecule has 17 heavy (non-hydrogen) atoms. The van der Waals surface area contributed by atoms with E-state index in [1.165, 1.54) is 11.1 Å². The second-order valence-electron chi connectivity index (χ2n) is 4.50. The first-order chi connectivity index (χ1) is 8.24. The molecule has 2 atom stereocenters. The lowest BCUT2D eigenvalue weighted by atomic mass is 9.88. The second-order valence-corrected chi connectivity index (χ2v) is 4.50. The summed E-state index contributed by atoms with van der Waals surface area (Å²) in [5.41, 5.74) is 8.59. The minimum atomic E-state index is -0.368. The molecule has 3 nitrogen and oxygen atoms in total. The number of hydrogen-bond acceptors (Lipinski definition) is 3. The standard InChI is InChI=1S/C14H18N2O/c1-2-11(9-15)17-12-7-6-10-4-3-5-14(16)13(10)8-12/h6-8,11,14H,2-5,16H2,1H3/t11?,14-/m1/s1. The summed E-state index contributed by atoms with van der Waals surface area (Å²) in [4.78, 5) is 0. The van der Waals surface area contributed by atoms with Crippen LogP contribution in [0, 0.1) is 11.3 Å². The zero-order valence-electron chi connectivity index (χ0n) is 10.1. The zero-order valence-corrected chi connectivity index (χ0v) is 10.1. The van der Waals surface area contributed by atoms with E-state index in [-0.39, 0.29) is 12.1 Å². The van der Waals surface area contributed by atoms with Crippen LogP contribution >= 0.6 is 0 Å². The first-order valence-electron chi connectivity index (χ1n) is 6.19. The maximum atomic E-state index is 8.88. The third-order valence-corrected chi connectivity index (χ3v) is 3.27. The topological polar surface area (TPSA) is 59.0 Å². The van der Waals surface area contributed by atoms with Gasteiger partial charge in [0.05, 0.1) is 0 Å². The molecule has 0 saturated heterocycles. The number of benzene rings is 1. The van der Waals surface area contributed by atoms with Crippen molar-refractivity contribution in [3.05, 3.63) is 29.3 Å². The third-order valence-electron chi connectivity index (χ3n) is 3.27. The third kappa shape index (κ3) is 2.59. The summed E-state index contributed by atoms with van der Waals surface area (Å²) in [6.45, 7) is 1.94. The lowest BCUT2D eigenvalue weighted by Gasteiger charge is -2.23. The molecular weight excluding hydrogens is 212 g/mol. The highest BCUT2D eigenvalue weighted by atomic mass is 16.5. The monoisotopic (exact) mass is 230 g/mol. The van der Waals surface area contributed by atoms with Gasteiger partial charge in [0, 0.05) is 6.04 Å². The molecule has 1 aromatic carbocycles. The van der Waals surface area contributed by atoms with Crippen molar-refractivity contribution in [3.63, 3.8) is 0 Å². The Morgan fingerprint density at radius 3 is 3.12 bits per heavy atom. The van der Waals surface area contributed by atoms with Crippen molar-refractivity contribution in [1.29, 1.82) is 5.26 Å². The lowest BCUT2D eigenvalue weighted by molar-refractivity contribution is 0.251. The molecular formula is C14H18N2O. The molecule has 0 heterocycles. The molecule has 0 aliphatic heterocycles. The molecule has 1 aromatic rings. The molecule has 0 amide bonds. The predicted molar refractivity (Wildman–Crippen MR) is 66.6 cm³/mol. The fourth-order valence-electron chi connectivity index (χ4n) is 2.25. The molecule has 0 saturated carbocycles. The van der Waals surface area contributed by atoms with Crippen LogP contribution in [0.1, 0.15) is 43.4 Å². The zero-order chi connectivity index (χ0) is 12.3. The normalized spacial score (nSPS) is 20.2. The van der Waals surface area contributed by atoms with Crippen LogP contribution in [0.3, 0.4) is 0 Å². The van der Waals surface area contributed by atoms with E-state index in [1.807, 2.05) is 19.1 Å². The van der Waals surface area contributed by atoms with Crippen molar-refractivity contribution in [2.45, 2.75) is 44.8 Å². The van der Waals surface area contributed by atoms with Crippen LogP contribution < -0.4 is 10.5 Å². The molecule has 0 bridgehead atoms. The number of rotatable bonds is 3. The maximum Gasteiger partial charge on any atom is 0.184 e. The van der Waals surface area contributed by atoms with Gasteiger partial charge in [0.25, 0.3) is 0 Å². The van der Waals surface area contributed by atoms with Crippen molar-refractivity contribution < 1.29 is 4.74 Å². The summed E-state index contributed by atoms with van der Waals surface area (Å²) in [5.74, 6) is 0.759. The van der Waals surface area contributed by atoms with Crippen LogP contribution in [-0.4, -0.2) is 6.10 Å². The first-order valence-corrected chi connectivity index (χ1v) is 6.19. The van der Waals surface area contributed by atoms with Gasteiger partial charge in [-0.2, -0.15) is 5.26 Å². The van der Waals surface area contributed by atoms with Gasteiger partial charge in [0.1, 0.15) is 11.8 Å². The molecule has 3 heteroatoms. The van der Waals surface area contributed by atoms with E-state index in [1.54, 1.807) is 0 Å². The number of nitrogens with two attached hydrogens (primary N) is 1. The molecule has 1 aliphatic rings. The summed E-state index contributed by atoms with van der Waals surface area (Å²) in [5, 5.41) is 8.88. The Bertz CT molecular complexity index is 436. The quantitative estimate of drug-likeness (QED) is 0.868. The van der Waals surface area contributed by atoms with Gasteiger partial charge < -0.3 is 10.5 Å². The van der Waals surface area contributed by atoms with E-state index in [0.717, 1.165) is 25.0 Å². The highest BCUT2D eigenvalue weighted by Crippen LogP contribution is 2.31. The summed E-state index contributed by atoms with van der Waals surface area (Å²) in [6, 6.07) is 8.27. The molecule has 1 unspecified atom stereocenters. The highest BCUT2D eigenvalue weighted by molar-refractivity contribution is 5.39. The number of nitriles is 1. The van der Waals surface area contributed by atoms with E-state index in [4.69, 9.17) is 15.7 Å². The summed E-state index contributed by atoms with van der Waals surface area (Å²) < 4.78 is 5.61. The van der Waals surface area contributed by atoms with Gasteiger partial charge >= 0.3 is 0 Å². The van der Waals surface area contributed by atoms with Crippen LogP contribution in [0.2, 0.25) is 0 Å². The van der Waals surface area contributed by atoms with Crippen LogP contribution in [0.5, 0.6) is 5.75 Å². The molecule has 1 aliphatic carbocycles. The minimum absolute atomic E-state index is 0.115. The van der Waals surface area contributed by atoms with E-state index in [0.29, 0.717) is 6.42 Å². The molecule has 2 rings (SSSR count). The van der Waals surface area contributed by atoms with Gasteiger partial charge in [-0.1, -0.05) is 13.0 Å². The summed E-state index contributed by atoms with van der Waals surface area (Å²) in [7, 11) is 0. The van der Waals surface area contributed by atoms with Crippen LogP contribution in [0.25, 0.3) is 0 Å². The van der Waals surface area contributed by atoms with Crippen LogP contribution in [0.15, 0.2) is 18.2 Å². The summed E-state index contributed by atoms with van der Waals surface area (Å²) >= 11 is 0. The molecule has 90 valence electrons. The molecule has 0 radical (unpaired) electrons. The van der Waals surface area contributed by atoms with Gasteiger partial charge in [0.2, 0.25) is 0 Å². The number of ether oxygens (including phenoxy) is 1. The van der Waals surface area contributed by atoms with E-state index >= 15 is 0 Å². The average molecular weight is 230 g/mol. The Balaban J connectivity index is 2.21. The van der Waals surface area contributed by atoms with Crippen molar-refractivity contribution in [3.8, 4) is 11.8 Å².